The van der Waals surface area contributed by atoms with Crippen LogP contribution in [-0.4, -0.2) is 16.8 Å². The molecule has 3 aromatic rings. The smallest absolute Gasteiger partial charge is 0.256 e. The SMILES string of the molecule is Nc1ccc(C(=O)Nc2cccc(NC(=O)c3ccc(N)cc3)n2)cc1. The van der Waals surface area contributed by atoms with Crippen molar-refractivity contribution in [1.29, 1.82) is 0 Å². The van der Waals surface area contributed by atoms with E-state index >= 15 is 0 Å². The minimum absolute atomic E-state index is 0.320. The number of benzene rings is 2. The zero-order valence-electron chi connectivity index (χ0n) is 13.8. The van der Waals surface area contributed by atoms with Gasteiger partial charge >= 0.3 is 0 Å². The number of nitrogen functional groups attached to an aromatic ring is 2. The van der Waals surface area contributed by atoms with E-state index < -0.39 is 0 Å². The summed E-state index contributed by atoms with van der Waals surface area (Å²) in [6.07, 6.45) is 0. The second-order valence-electron chi connectivity index (χ2n) is 5.56. The van der Waals surface area contributed by atoms with E-state index in [1.807, 2.05) is 0 Å². The van der Waals surface area contributed by atoms with Crippen molar-refractivity contribution in [1.82, 2.24) is 4.98 Å². The maximum absolute atomic E-state index is 12.2. The number of hydrogen-bond donors (Lipinski definition) is 4. The Hall–Kier alpha value is -3.87. The van der Waals surface area contributed by atoms with E-state index in [-0.39, 0.29) is 11.8 Å². The van der Waals surface area contributed by atoms with Crippen LogP contribution in [0.4, 0.5) is 23.0 Å². The minimum atomic E-state index is -0.320. The lowest BCUT2D eigenvalue weighted by atomic mass is 10.2. The summed E-state index contributed by atoms with van der Waals surface area (Å²) in [5.41, 5.74) is 13.3. The molecule has 0 aliphatic heterocycles. The summed E-state index contributed by atoms with van der Waals surface area (Å²) in [7, 11) is 0. The number of nitrogens with two attached hydrogens (primary N) is 2. The monoisotopic (exact) mass is 347 g/mol. The molecule has 7 nitrogen and oxygen atoms in total. The van der Waals surface area contributed by atoms with Crippen molar-refractivity contribution in [3.05, 3.63) is 77.9 Å². The Morgan fingerprint density at radius 3 is 1.42 bits per heavy atom. The fourth-order valence-corrected chi connectivity index (χ4v) is 2.22. The highest BCUT2D eigenvalue weighted by Gasteiger charge is 2.09. The van der Waals surface area contributed by atoms with Crippen LogP contribution in [0.25, 0.3) is 0 Å². The third-order valence-corrected chi connectivity index (χ3v) is 3.58. The molecule has 130 valence electrons. The van der Waals surface area contributed by atoms with Gasteiger partial charge in [0.05, 0.1) is 0 Å². The first-order chi connectivity index (χ1) is 12.5. The van der Waals surface area contributed by atoms with Crippen molar-refractivity contribution in [2.75, 3.05) is 22.1 Å². The number of carbonyl (C=O) groups excluding carboxylic acids is 2. The lowest BCUT2D eigenvalue weighted by Gasteiger charge is -2.08. The van der Waals surface area contributed by atoms with Gasteiger partial charge in [-0.2, -0.15) is 0 Å². The first-order valence-electron chi connectivity index (χ1n) is 7.82. The quantitative estimate of drug-likeness (QED) is 0.540. The second-order valence-corrected chi connectivity index (χ2v) is 5.56. The Labute approximate surface area is 150 Å². The third-order valence-electron chi connectivity index (χ3n) is 3.58. The van der Waals surface area contributed by atoms with Gasteiger partial charge in [0.1, 0.15) is 11.6 Å². The number of pyridine rings is 1. The molecule has 2 amide bonds. The van der Waals surface area contributed by atoms with Crippen LogP contribution in [0.3, 0.4) is 0 Å². The Bertz CT molecular complexity index is 862. The van der Waals surface area contributed by atoms with Crippen LogP contribution in [0.2, 0.25) is 0 Å². The number of rotatable bonds is 4. The van der Waals surface area contributed by atoms with Crippen LogP contribution in [-0.2, 0) is 0 Å². The zero-order valence-corrected chi connectivity index (χ0v) is 13.8. The molecule has 0 radical (unpaired) electrons. The predicted molar refractivity (Wildman–Crippen MR) is 102 cm³/mol. The molecule has 0 saturated heterocycles. The van der Waals surface area contributed by atoms with Gasteiger partial charge in [0, 0.05) is 22.5 Å². The van der Waals surface area contributed by atoms with Gasteiger partial charge in [0.15, 0.2) is 0 Å². The zero-order chi connectivity index (χ0) is 18.5. The van der Waals surface area contributed by atoms with Gasteiger partial charge in [-0.1, -0.05) is 6.07 Å². The van der Waals surface area contributed by atoms with Crippen molar-refractivity contribution in [3.63, 3.8) is 0 Å². The predicted octanol–water partition coefficient (Wildman–Crippen LogP) is 2.75. The Kier molecular flexibility index (Phi) is 4.80. The molecule has 3 rings (SSSR count). The minimum Gasteiger partial charge on any atom is -0.399 e. The van der Waals surface area contributed by atoms with Crippen LogP contribution >= 0.6 is 0 Å². The van der Waals surface area contributed by atoms with E-state index in [0.717, 1.165) is 0 Å². The Balaban J connectivity index is 1.69. The molecule has 6 N–H and O–H groups in total. The molecule has 0 atom stereocenters. The van der Waals surface area contributed by atoms with Gasteiger partial charge in [-0.05, 0) is 60.7 Å². The van der Waals surface area contributed by atoms with Crippen LogP contribution in [0.15, 0.2) is 66.7 Å². The normalized spacial score (nSPS) is 10.2. The average molecular weight is 347 g/mol. The lowest BCUT2D eigenvalue weighted by molar-refractivity contribution is 0.101. The Morgan fingerprint density at radius 1 is 0.654 bits per heavy atom. The van der Waals surface area contributed by atoms with Gasteiger partial charge in [-0.3, -0.25) is 9.59 Å². The molecule has 26 heavy (non-hydrogen) atoms. The van der Waals surface area contributed by atoms with E-state index in [2.05, 4.69) is 15.6 Å². The van der Waals surface area contributed by atoms with Gasteiger partial charge in [-0.25, -0.2) is 4.98 Å². The fourth-order valence-electron chi connectivity index (χ4n) is 2.22. The number of hydrogen-bond acceptors (Lipinski definition) is 5. The van der Waals surface area contributed by atoms with Crippen LogP contribution in [0.1, 0.15) is 20.7 Å². The number of carbonyl (C=O) groups is 2. The third kappa shape index (κ3) is 4.15. The summed E-state index contributed by atoms with van der Waals surface area (Å²) in [5.74, 6) is 0.00267. The molecule has 7 heteroatoms. The highest BCUT2D eigenvalue weighted by molar-refractivity contribution is 6.05. The largest absolute Gasteiger partial charge is 0.399 e. The molecule has 0 bridgehead atoms. The second kappa shape index (κ2) is 7.35. The van der Waals surface area contributed by atoms with Gasteiger partial charge in [-0.15, -0.1) is 0 Å². The molecule has 0 fully saturated rings. The van der Waals surface area contributed by atoms with Crippen molar-refractivity contribution in [3.8, 4) is 0 Å². The topological polar surface area (TPSA) is 123 Å². The summed E-state index contributed by atoms with van der Waals surface area (Å²) in [6, 6.07) is 18.0. The standard InChI is InChI=1S/C19H17N5O2/c20-14-8-4-12(5-9-14)18(25)23-16-2-1-3-17(22-16)24-19(26)13-6-10-15(21)11-7-13/h1-11H,20-21H2,(H2,22,23,24,25,26). The van der Waals surface area contributed by atoms with E-state index in [9.17, 15) is 9.59 Å². The van der Waals surface area contributed by atoms with Gasteiger partial charge < -0.3 is 22.1 Å². The van der Waals surface area contributed by atoms with E-state index in [0.29, 0.717) is 34.1 Å². The first-order valence-corrected chi connectivity index (χ1v) is 7.82. The molecule has 1 heterocycles. The molecule has 0 aliphatic carbocycles. The molecule has 2 aromatic carbocycles. The number of nitrogens with one attached hydrogen (secondary N) is 2. The maximum Gasteiger partial charge on any atom is 0.256 e. The first kappa shape index (κ1) is 17.0. The van der Waals surface area contributed by atoms with Crippen molar-refractivity contribution in [2.45, 2.75) is 0 Å². The molecule has 0 saturated carbocycles. The summed E-state index contributed by atoms with van der Waals surface area (Å²) in [6.45, 7) is 0. The molecular formula is C19H17N5O2. The van der Waals surface area contributed by atoms with Crippen molar-refractivity contribution < 1.29 is 9.59 Å². The number of amides is 2. The highest BCUT2D eigenvalue weighted by atomic mass is 16.2. The van der Waals surface area contributed by atoms with Crippen LogP contribution in [0, 0.1) is 0 Å². The Morgan fingerprint density at radius 2 is 1.04 bits per heavy atom. The lowest BCUT2D eigenvalue weighted by Crippen LogP contribution is -2.16. The van der Waals surface area contributed by atoms with Gasteiger partial charge in [0.2, 0.25) is 0 Å². The molecule has 0 spiro atoms. The van der Waals surface area contributed by atoms with E-state index in [1.54, 1.807) is 66.7 Å². The van der Waals surface area contributed by atoms with E-state index in [4.69, 9.17) is 11.5 Å². The molecule has 1 aromatic heterocycles. The molecular weight excluding hydrogens is 330 g/mol. The summed E-state index contributed by atoms with van der Waals surface area (Å²) < 4.78 is 0. The van der Waals surface area contributed by atoms with Crippen molar-refractivity contribution >= 4 is 34.8 Å². The maximum atomic E-state index is 12.2. The molecule has 0 aliphatic rings. The number of aromatic nitrogens is 1. The van der Waals surface area contributed by atoms with Gasteiger partial charge in [0.25, 0.3) is 11.8 Å². The highest BCUT2D eigenvalue weighted by Crippen LogP contribution is 2.14. The van der Waals surface area contributed by atoms with E-state index in [1.165, 1.54) is 0 Å². The number of nitrogens with zero attached hydrogens (tertiary/aromatic N) is 1. The summed E-state index contributed by atoms with van der Waals surface area (Å²) in [5, 5.41) is 5.36. The number of anilines is 4. The average Bonchev–Trinajstić information content (AvgIpc) is 2.63. The van der Waals surface area contributed by atoms with Crippen LogP contribution in [0.5, 0.6) is 0 Å². The molecule has 0 unspecified atom stereocenters. The van der Waals surface area contributed by atoms with Crippen LogP contribution < -0.4 is 22.1 Å². The summed E-state index contributed by atoms with van der Waals surface area (Å²) in [4.78, 5) is 28.7. The summed E-state index contributed by atoms with van der Waals surface area (Å²) >= 11 is 0. The van der Waals surface area contributed by atoms with Crippen molar-refractivity contribution in [2.24, 2.45) is 0 Å². The fraction of sp³-hybridized carbons (Fsp3) is 0.